The van der Waals surface area contributed by atoms with Crippen molar-refractivity contribution in [3.8, 4) is 0 Å². The van der Waals surface area contributed by atoms with Crippen molar-refractivity contribution in [1.82, 2.24) is 0 Å². The molecular formula is C23H46O2S. The van der Waals surface area contributed by atoms with Gasteiger partial charge >= 0.3 is 0 Å². The van der Waals surface area contributed by atoms with Crippen molar-refractivity contribution < 1.29 is 8.98 Å². The first-order valence-corrected chi connectivity index (χ1v) is 13.4. The van der Waals surface area contributed by atoms with E-state index in [2.05, 4.69) is 67.2 Å². The Labute approximate surface area is 165 Å². The molecule has 4 atom stereocenters. The molecule has 0 saturated heterocycles. The lowest BCUT2D eigenvalue weighted by molar-refractivity contribution is -0.134. The minimum atomic E-state index is -0.947. The van der Waals surface area contributed by atoms with Crippen LogP contribution in [0.5, 0.6) is 0 Å². The number of rotatable bonds is 9. The summed E-state index contributed by atoms with van der Waals surface area (Å²) in [6.45, 7) is 16.2. The standard InChI is InChI=1S/C23H46O2S/c1-11-22(6,16-13-15-21(4,5)25-26(8,9)10)19(3)23(7)17-12-14-20(24)18(23)2/h18-19H,11-17H2,1-10H3/t18?,19-,22?,23?/m1/s1. The Balaban J connectivity index is 2.79. The van der Waals surface area contributed by atoms with Crippen LogP contribution in [0.3, 0.4) is 0 Å². The van der Waals surface area contributed by atoms with Crippen LogP contribution in [0, 0.1) is 22.7 Å². The number of hydrogen-bond acceptors (Lipinski definition) is 2. The predicted molar refractivity (Wildman–Crippen MR) is 118 cm³/mol. The van der Waals surface area contributed by atoms with Crippen molar-refractivity contribution in [3.05, 3.63) is 0 Å². The molecular weight excluding hydrogens is 340 g/mol. The van der Waals surface area contributed by atoms with Crippen LogP contribution in [0.25, 0.3) is 0 Å². The zero-order valence-electron chi connectivity index (χ0n) is 19.3. The minimum absolute atomic E-state index is 0.0521. The van der Waals surface area contributed by atoms with Crippen molar-refractivity contribution in [2.24, 2.45) is 22.7 Å². The molecule has 1 aliphatic carbocycles. The molecule has 0 radical (unpaired) electrons. The van der Waals surface area contributed by atoms with Gasteiger partial charge in [0.1, 0.15) is 5.78 Å². The van der Waals surface area contributed by atoms with E-state index in [1.165, 1.54) is 25.7 Å². The molecule has 0 aromatic rings. The van der Waals surface area contributed by atoms with Crippen LogP contribution >= 0.6 is 10.3 Å². The summed E-state index contributed by atoms with van der Waals surface area (Å²) in [5, 5.41) is 0. The predicted octanol–water partition coefficient (Wildman–Crippen LogP) is 7.01. The lowest BCUT2D eigenvalue weighted by Crippen LogP contribution is -2.46. The molecule has 1 saturated carbocycles. The second-order valence-corrected chi connectivity index (χ2v) is 14.3. The molecule has 3 heteroatoms. The maximum Gasteiger partial charge on any atom is 0.136 e. The average molecular weight is 387 g/mol. The van der Waals surface area contributed by atoms with Crippen LogP contribution in [0.1, 0.15) is 93.4 Å². The van der Waals surface area contributed by atoms with E-state index < -0.39 is 10.3 Å². The summed E-state index contributed by atoms with van der Waals surface area (Å²) in [5.74, 6) is 1.23. The van der Waals surface area contributed by atoms with E-state index in [0.717, 1.165) is 19.3 Å². The SMILES string of the molecule is CCC(C)(CCCC(C)(C)OS(C)(C)C)[C@@H](C)C1(C)CCCC(=O)C1C. The van der Waals surface area contributed by atoms with Gasteiger partial charge in [0.2, 0.25) is 0 Å². The molecule has 26 heavy (non-hydrogen) atoms. The van der Waals surface area contributed by atoms with E-state index in [9.17, 15) is 4.79 Å². The van der Waals surface area contributed by atoms with Gasteiger partial charge in [0.15, 0.2) is 0 Å². The highest BCUT2D eigenvalue weighted by Crippen LogP contribution is 2.54. The summed E-state index contributed by atoms with van der Waals surface area (Å²) in [4.78, 5) is 12.4. The lowest BCUT2D eigenvalue weighted by Gasteiger charge is -2.51. The Morgan fingerprint density at radius 2 is 1.81 bits per heavy atom. The highest BCUT2D eigenvalue weighted by Gasteiger charge is 2.48. The molecule has 1 aliphatic rings. The average Bonchev–Trinajstić information content (AvgIpc) is 2.49. The highest BCUT2D eigenvalue weighted by atomic mass is 32.3. The van der Waals surface area contributed by atoms with Crippen LogP contribution in [0.2, 0.25) is 0 Å². The summed E-state index contributed by atoms with van der Waals surface area (Å²) >= 11 is 0. The molecule has 1 rings (SSSR count). The van der Waals surface area contributed by atoms with Crippen LogP contribution in [0.4, 0.5) is 0 Å². The van der Waals surface area contributed by atoms with Crippen molar-refractivity contribution in [3.63, 3.8) is 0 Å². The zero-order chi connectivity index (χ0) is 20.4. The lowest BCUT2D eigenvalue weighted by atomic mass is 9.53. The fraction of sp³-hybridized carbons (Fsp3) is 0.957. The molecule has 0 aromatic heterocycles. The molecule has 0 heterocycles. The zero-order valence-corrected chi connectivity index (χ0v) is 20.1. The number of ketones is 1. The third-order valence-electron chi connectivity index (χ3n) is 7.46. The van der Waals surface area contributed by atoms with Crippen molar-refractivity contribution in [2.45, 2.75) is 99.0 Å². The molecule has 0 N–H and O–H groups in total. The van der Waals surface area contributed by atoms with E-state index in [1.54, 1.807) is 0 Å². The third-order valence-corrected chi connectivity index (χ3v) is 8.41. The van der Waals surface area contributed by atoms with Crippen molar-refractivity contribution >= 4 is 16.1 Å². The second-order valence-electron chi connectivity index (χ2n) is 10.7. The summed E-state index contributed by atoms with van der Waals surface area (Å²) in [6.07, 6.45) is 14.4. The Morgan fingerprint density at radius 3 is 2.31 bits per heavy atom. The van der Waals surface area contributed by atoms with Crippen LogP contribution < -0.4 is 0 Å². The normalized spacial score (nSPS) is 29.3. The van der Waals surface area contributed by atoms with E-state index in [4.69, 9.17) is 4.18 Å². The Hall–Kier alpha value is -0.0200. The van der Waals surface area contributed by atoms with Crippen LogP contribution in [0.15, 0.2) is 0 Å². The number of carbonyl (C=O) groups excluding carboxylic acids is 1. The van der Waals surface area contributed by atoms with Gasteiger partial charge in [-0.3, -0.25) is 4.79 Å². The fourth-order valence-corrected chi connectivity index (χ4v) is 6.60. The molecule has 0 aliphatic heterocycles. The minimum Gasteiger partial charge on any atom is -0.332 e. The largest absolute Gasteiger partial charge is 0.332 e. The second kappa shape index (κ2) is 8.55. The summed E-state index contributed by atoms with van der Waals surface area (Å²) in [6, 6.07) is 0. The Kier molecular flexibility index (Phi) is 7.90. The summed E-state index contributed by atoms with van der Waals surface area (Å²) in [7, 11) is -0.947. The Bertz CT molecular complexity index is 479. The maximum absolute atomic E-state index is 12.4. The van der Waals surface area contributed by atoms with Gasteiger partial charge in [-0.25, -0.2) is 0 Å². The number of Topliss-reactive ketones (excluding diaryl/α,β-unsaturated/α-hetero) is 1. The summed E-state index contributed by atoms with van der Waals surface area (Å²) in [5.41, 5.74) is 0.371. The van der Waals surface area contributed by atoms with Gasteiger partial charge in [-0.1, -0.05) is 47.5 Å². The molecule has 1 fully saturated rings. The molecule has 156 valence electrons. The monoisotopic (exact) mass is 386 g/mol. The molecule has 3 unspecified atom stereocenters. The summed E-state index contributed by atoms with van der Waals surface area (Å²) < 4.78 is 6.34. The molecule has 0 amide bonds. The number of carbonyl (C=O) groups is 1. The van der Waals surface area contributed by atoms with Gasteiger partial charge in [-0.15, -0.1) is 10.3 Å². The highest BCUT2D eigenvalue weighted by molar-refractivity contribution is 8.28. The smallest absolute Gasteiger partial charge is 0.136 e. The molecule has 0 bridgehead atoms. The molecule has 0 aromatic carbocycles. The van der Waals surface area contributed by atoms with Gasteiger partial charge in [-0.2, -0.15) is 0 Å². The topological polar surface area (TPSA) is 26.3 Å². The van der Waals surface area contributed by atoms with Gasteiger partial charge in [0.05, 0.1) is 5.60 Å². The van der Waals surface area contributed by atoms with Gasteiger partial charge in [-0.05, 0) is 75.0 Å². The molecule has 0 spiro atoms. The Morgan fingerprint density at radius 1 is 1.23 bits per heavy atom. The van der Waals surface area contributed by atoms with Gasteiger partial charge in [0, 0.05) is 12.3 Å². The van der Waals surface area contributed by atoms with E-state index >= 15 is 0 Å². The quantitative estimate of drug-likeness (QED) is 0.426. The fourth-order valence-electron chi connectivity index (χ4n) is 5.17. The molecule has 2 nitrogen and oxygen atoms in total. The number of hydrogen-bond donors (Lipinski definition) is 0. The van der Waals surface area contributed by atoms with Crippen LogP contribution in [-0.2, 0) is 8.98 Å². The van der Waals surface area contributed by atoms with Crippen molar-refractivity contribution in [2.75, 3.05) is 18.8 Å². The van der Waals surface area contributed by atoms with Gasteiger partial charge < -0.3 is 4.18 Å². The van der Waals surface area contributed by atoms with E-state index in [-0.39, 0.29) is 22.3 Å². The van der Waals surface area contributed by atoms with Gasteiger partial charge in [0.25, 0.3) is 0 Å². The van der Waals surface area contributed by atoms with E-state index in [0.29, 0.717) is 11.7 Å². The third kappa shape index (κ3) is 5.99. The first kappa shape index (κ1) is 24.0. The van der Waals surface area contributed by atoms with Crippen LogP contribution in [-0.4, -0.2) is 30.2 Å². The first-order valence-electron chi connectivity index (χ1n) is 10.6. The first-order chi connectivity index (χ1) is 11.7. The van der Waals surface area contributed by atoms with Crippen molar-refractivity contribution in [1.29, 1.82) is 0 Å². The van der Waals surface area contributed by atoms with E-state index in [1.807, 2.05) is 0 Å². The maximum atomic E-state index is 12.4.